The fourth-order valence-electron chi connectivity index (χ4n) is 4.25. The zero-order chi connectivity index (χ0) is 25.6. The number of amides is 1. The van der Waals surface area contributed by atoms with Gasteiger partial charge in [0.1, 0.15) is 17.4 Å². The van der Waals surface area contributed by atoms with Crippen LogP contribution >= 0.6 is 11.6 Å². The van der Waals surface area contributed by atoms with E-state index < -0.39 is 27.3 Å². The third kappa shape index (κ3) is 5.32. The van der Waals surface area contributed by atoms with Crippen LogP contribution in [0.1, 0.15) is 45.4 Å². The summed E-state index contributed by atoms with van der Waals surface area (Å²) >= 11 is 6.34. The lowest BCUT2D eigenvalue weighted by molar-refractivity contribution is -0.197. The molecule has 1 aromatic heterocycles. The number of halogens is 1. The Labute approximate surface area is 212 Å². The summed E-state index contributed by atoms with van der Waals surface area (Å²) in [6.07, 6.45) is 0.543. The molecule has 0 aliphatic carbocycles. The van der Waals surface area contributed by atoms with Crippen molar-refractivity contribution < 1.29 is 18.7 Å². The molecule has 1 aromatic rings. The Bertz CT molecular complexity index is 909. The first-order valence-electron chi connectivity index (χ1n) is 12.3. The van der Waals surface area contributed by atoms with Gasteiger partial charge >= 0.3 is 0 Å². The Balaban J connectivity index is 1.90. The number of carbonyl (C=O) groups is 1. The van der Waals surface area contributed by atoms with Crippen molar-refractivity contribution in [3.8, 4) is 0 Å². The summed E-state index contributed by atoms with van der Waals surface area (Å²) in [5.41, 5.74) is 0.394. The zero-order valence-electron chi connectivity index (χ0n) is 22.5. The predicted molar refractivity (Wildman–Crippen MR) is 143 cm³/mol. The van der Waals surface area contributed by atoms with E-state index in [2.05, 4.69) is 53.5 Å². The van der Waals surface area contributed by atoms with Crippen molar-refractivity contribution in [2.45, 2.75) is 88.9 Å². The van der Waals surface area contributed by atoms with Gasteiger partial charge in [0, 0.05) is 26.9 Å². The highest BCUT2D eigenvalue weighted by atomic mass is 35.5. The molecule has 34 heavy (non-hydrogen) atoms. The fraction of sp³-hybridized carbons (Fsp3) is 0.760. The molecule has 3 rings (SSSR count). The van der Waals surface area contributed by atoms with Crippen LogP contribution in [0.3, 0.4) is 0 Å². The second-order valence-electron chi connectivity index (χ2n) is 12.8. The van der Waals surface area contributed by atoms with Gasteiger partial charge in [-0.1, -0.05) is 58.1 Å². The maximum Gasteiger partial charge on any atom is 0.237 e. The summed E-state index contributed by atoms with van der Waals surface area (Å²) in [6.45, 7) is 22.4. The minimum atomic E-state index is -1.94. The van der Waals surface area contributed by atoms with Crippen LogP contribution in [0.5, 0.6) is 0 Å². The van der Waals surface area contributed by atoms with E-state index in [9.17, 15) is 4.79 Å². The normalized spacial score (nSPS) is 22.6. The molecular weight excluding hydrogens is 484 g/mol. The topological polar surface area (TPSA) is 60.9 Å². The number of carbonyl (C=O) groups excluding carboxylic acids is 1. The first-order chi connectivity index (χ1) is 15.5. The number of aromatic nitrogens is 1. The van der Waals surface area contributed by atoms with Crippen molar-refractivity contribution in [3.05, 3.63) is 28.5 Å². The van der Waals surface area contributed by atoms with E-state index in [1.165, 1.54) is 0 Å². The number of pyridine rings is 1. The first kappa shape index (κ1) is 27.8. The molecule has 1 atom stereocenters. The van der Waals surface area contributed by atoms with Gasteiger partial charge in [-0.25, -0.2) is 4.98 Å². The number of fused-ring (bicyclic) bond motifs is 2. The summed E-state index contributed by atoms with van der Waals surface area (Å²) < 4.78 is 18.2. The summed E-state index contributed by atoms with van der Waals surface area (Å²) in [4.78, 5) is 20.7. The second kappa shape index (κ2) is 9.59. The highest BCUT2D eigenvalue weighted by Gasteiger charge is 2.59. The average Bonchev–Trinajstić information content (AvgIpc) is 2.66. The Morgan fingerprint density at radius 3 is 2.32 bits per heavy atom. The van der Waals surface area contributed by atoms with Crippen molar-refractivity contribution in [2.24, 2.45) is 0 Å². The monoisotopic (exact) mass is 526 g/mol. The molecule has 1 saturated heterocycles. The van der Waals surface area contributed by atoms with Crippen molar-refractivity contribution in [1.29, 1.82) is 0 Å². The molecule has 9 heteroatoms. The molecular formula is C25H43ClN2O4Si2. The molecule has 0 saturated carbocycles. The van der Waals surface area contributed by atoms with E-state index in [-0.39, 0.29) is 17.7 Å². The van der Waals surface area contributed by atoms with Crippen LogP contribution in [0, 0.1) is 0 Å². The number of rotatable bonds is 9. The van der Waals surface area contributed by atoms with Gasteiger partial charge in [0.25, 0.3) is 0 Å². The number of ether oxygens (including phenoxy) is 2. The molecule has 2 aliphatic heterocycles. The molecule has 3 heterocycles. The van der Waals surface area contributed by atoms with Crippen molar-refractivity contribution in [2.75, 3.05) is 33.2 Å². The lowest BCUT2D eigenvalue weighted by Gasteiger charge is -2.56. The van der Waals surface area contributed by atoms with Gasteiger partial charge in [-0.05, 0) is 43.6 Å². The van der Waals surface area contributed by atoms with Gasteiger partial charge in [0.2, 0.25) is 5.91 Å². The summed E-state index contributed by atoms with van der Waals surface area (Å²) in [6, 6.07) is 4.89. The molecule has 192 valence electrons. The molecule has 1 spiro atoms. The third-order valence-electron chi connectivity index (χ3n) is 7.89. The molecule has 0 N–H and O–H groups in total. The smallest absolute Gasteiger partial charge is 0.237 e. The Hall–Kier alpha value is -0.776. The number of hydrogen-bond donors (Lipinski definition) is 0. The minimum absolute atomic E-state index is 0.0184. The summed E-state index contributed by atoms with van der Waals surface area (Å²) in [5, 5.41) is 0.506. The molecule has 0 aromatic carbocycles. The maximum absolute atomic E-state index is 14.1. The van der Waals surface area contributed by atoms with Crippen LogP contribution < -0.4 is 0 Å². The van der Waals surface area contributed by atoms with E-state index in [4.69, 9.17) is 30.5 Å². The van der Waals surface area contributed by atoms with Crippen LogP contribution in [0.2, 0.25) is 49.0 Å². The Morgan fingerprint density at radius 2 is 1.79 bits per heavy atom. The molecule has 1 amide bonds. The van der Waals surface area contributed by atoms with Crippen molar-refractivity contribution >= 4 is 33.9 Å². The lowest BCUT2D eigenvalue weighted by atomic mass is 9.69. The largest absolute Gasteiger partial charge is 0.417 e. The standard InChI is InChI=1S/C25H43ClN2O4Si2/c1-23(2,3)34(8,9)32-13-12-24(4)21-19(10-11-20(26)27-21)25(16-31-17-25)28(22(24)29)18-30-14-15-33(5,6)7/h10-11H,12-18H2,1-9H3. The molecule has 1 fully saturated rings. The number of nitrogens with zero attached hydrogens (tertiary/aromatic N) is 2. The fourth-order valence-corrected chi connectivity index (χ4v) is 6.20. The van der Waals surface area contributed by atoms with Gasteiger partial charge < -0.3 is 18.8 Å². The van der Waals surface area contributed by atoms with Crippen LogP contribution in [0.25, 0.3) is 0 Å². The lowest BCUT2D eigenvalue weighted by Crippen LogP contribution is -2.68. The van der Waals surface area contributed by atoms with E-state index in [1.807, 2.05) is 24.0 Å². The molecule has 2 aliphatic rings. The average molecular weight is 527 g/mol. The second-order valence-corrected chi connectivity index (χ2v) is 23.6. The molecule has 6 nitrogen and oxygen atoms in total. The Kier molecular flexibility index (Phi) is 7.85. The van der Waals surface area contributed by atoms with Crippen LogP contribution in [-0.4, -0.2) is 65.3 Å². The zero-order valence-corrected chi connectivity index (χ0v) is 25.3. The first-order valence-corrected chi connectivity index (χ1v) is 19.3. The molecule has 0 bridgehead atoms. The van der Waals surface area contributed by atoms with E-state index in [1.54, 1.807) is 0 Å². The number of hydrogen-bond acceptors (Lipinski definition) is 5. The highest BCUT2D eigenvalue weighted by molar-refractivity contribution is 6.76. The van der Waals surface area contributed by atoms with Crippen LogP contribution in [0.4, 0.5) is 0 Å². The van der Waals surface area contributed by atoms with Gasteiger partial charge in [0.05, 0.1) is 24.3 Å². The van der Waals surface area contributed by atoms with Gasteiger partial charge in [0.15, 0.2) is 8.32 Å². The van der Waals surface area contributed by atoms with E-state index in [0.717, 1.165) is 17.3 Å². The quantitative estimate of drug-likeness (QED) is 0.232. The third-order valence-corrected chi connectivity index (χ3v) is 14.3. The molecule has 0 radical (unpaired) electrons. The van der Waals surface area contributed by atoms with E-state index >= 15 is 0 Å². The summed E-state index contributed by atoms with van der Waals surface area (Å²) in [5.74, 6) is 0.0184. The van der Waals surface area contributed by atoms with Crippen molar-refractivity contribution in [1.82, 2.24) is 9.88 Å². The van der Waals surface area contributed by atoms with E-state index in [0.29, 0.717) is 38.0 Å². The summed E-state index contributed by atoms with van der Waals surface area (Å²) in [7, 11) is -3.17. The van der Waals surface area contributed by atoms with Crippen LogP contribution in [-0.2, 0) is 29.6 Å². The van der Waals surface area contributed by atoms with Crippen LogP contribution in [0.15, 0.2) is 12.1 Å². The Morgan fingerprint density at radius 1 is 1.15 bits per heavy atom. The minimum Gasteiger partial charge on any atom is -0.417 e. The SMILES string of the molecule is CC1(CCO[Si](C)(C)C(C)(C)C)C(=O)N(COCC[Si](C)(C)C)C2(COC2)c2ccc(Cl)nc21. The van der Waals surface area contributed by atoms with Gasteiger partial charge in [-0.3, -0.25) is 4.79 Å². The van der Waals surface area contributed by atoms with Gasteiger partial charge in [-0.2, -0.15) is 0 Å². The van der Waals surface area contributed by atoms with Crippen molar-refractivity contribution in [3.63, 3.8) is 0 Å². The van der Waals surface area contributed by atoms with Gasteiger partial charge in [-0.15, -0.1) is 0 Å². The molecule has 1 unspecified atom stereocenters. The maximum atomic E-state index is 14.1. The highest BCUT2D eigenvalue weighted by Crippen LogP contribution is 2.49. The predicted octanol–water partition coefficient (Wildman–Crippen LogP) is 5.78.